The molecule has 0 fully saturated rings. The molecule has 86 valence electrons. The molecular weight excluding hydrogens is 285 g/mol. The number of benzene rings is 1. The normalized spacial score (nSPS) is 12.0. The first-order valence-corrected chi connectivity index (χ1v) is 5.21. The van der Waals surface area contributed by atoms with Crippen molar-refractivity contribution in [1.82, 2.24) is 0 Å². The third-order valence-corrected chi connectivity index (χ3v) is 2.28. The molecule has 0 aliphatic rings. The summed E-state index contributed by atoms with van der Waals surface area (Å²) in [6.45, 7) is 0. The minimum absolute atomic E-state index is 0.363. The minimum atomic E-state index is -4.27. The standard InChI is InChI=1S/C11H8BrF3O/c12-9-5-3-8(4-6-9)10(16)2-1-7-11(13,14)15/h1-6H,7H2/b2-1+. The predicted molar refractivity (Wildman–Crippen MR) is 58.3 cm³/mol. The average molecular weight is 293 g/mol. The maximum Gasteiger partial charge on any atom is 0.392 e. The van der Waals surface area contributed by atoms with Crippen LogP contribution in [0.15, 0.2) is 40.9 Å². The van der Waals surface area contributed by atoms with Crippen LogP contribution in [0.4, 0.5) is 13.2 Å². The highest BCUT2D eigenvalue weighted by atomic mass is 79.9. The molecule has 16 heavy (non-hydrogen) atoms. The highest BCUT2D eigenvalue weighted by molar-refractivity contribution is 9.10. The lowest BCUT2D eigenvalue weighted by atomic mass is 10.1. The highest BCUT2D eigenvalue weighted by Crippen LogP contribution is 2.20. The van der Waals surface area contributed by atoms with E-state index < -0.39 is 18.4 Å². The molecule has 0 radical (unpaired) electrons. The van der Waals surface area contributed by atoms with Crippen molar-refractivity contribution in [2.24, 2.45) is 0 Å². The Morgan fingerprint density at radius 2 is 1.81 bits per heavy atom. The molecule has 1 rings (SSSR count). The number of alkyl halides is 3. The minimum Gasteiger partial charge on any atom is -0.289 e. The molecule has 0 aromatic heterocycles. The third kappa shape index (κ3) is 4.61. The van der Waals surface area contributed by atoms with Crippen LogP contribution in [-0.2, 0) is 0 Å². The van der Waals surface area contributed by atoms with E-state index in [1.165, 1.54) is 0 Å². The lowest BCUT2D eigenvalue weighted by Gasteiger charge is -2.00. The molecule has 1 aromatic rings. The molecular formula is C11H8BrF3O. The van der Waals surface area contributed by atoms with Crippen LogP contribution in [0.5, 0.6) is 0 Å². The van der Waals surface area contributed by atoms with Gasteiger partial charge in [-0.2, -0.15) is 13.2 Å². The van der Waals surface area contributed by atoms with Crippen molar-refractivity contribution in [3.05, 3.63) is 46.5 Å². The summed E-state index contributed by atoms with van der Waals surface area (Å²) in [7, 11) is 0. The number of halogens is 4. The van der Waals surface area contributed by atoms with E-state index in [2.05, 4.69) is 15.9 Å². The van der Waals surface area contributed by atoms with Gasteiger partial charge >= 0.3 is 6.18 Å². The van der Waals surface area contributed by atoms with Gasteiger partial charge in [0.05, 0.1) is 6.42 Å². The van der Waals surface area contributed by atoms with Crippen LogP contribution in [0.2, 0.25) is 0 Å². The van der Waals surface area contributed by atoms with E-state index in [-0.39, 0.29) is 0 Å². The zero-order valence-electron chi connectivity index (χ0n) is 8.09. The van der Waals surface area contributed by atoms with Gasteiger partial charge in [-0.1, -0.05) is 22.0 Å². The molecule has 1 nitrogen and oxygen atoms in total. The summed E-state index contributed by atoms with van der Waals surface area (Å²) in [6, 6.07) is 6.41. The number of hydrogen-bond acceptors (Lipinski definition) is 1. The van der Waals surface area contributed by atoms with Gasteiger partial charge < -0.3 is 0 Å². The molecule has 0 unspecified atom stereocenters. The summed E-state index contributed by atoms with van der Waals surface area (Å²) < 4.78 is 36.2. The number of hydrogen-bond donors (Lipinski definition) is 0. The van der Waals surface area contributed by atoms with Gasteiger partial charge in [0.25, 0.3) is 0 Å². The Labute approximate surface area is 99.1 Å². The van der Waals surface area contributed by atoms with E-state index >= 15 is 0 Å². The second-order valence-corrected chi connectivity index (χ2v) is 4.01. The fourth-order valence-electron chi connectivity index (χ4n) is 1.01. The van der Waals surface area contributed by atoms with Crippen molar-refractivity contribution in [3.8, 4) is 0 Å². The molecule has 0 atom stereocenters. The van der Waals surface area contributed by atoms with Crippen LogP contribution >= 0.6 is 15.9 Å². The number of rotatable bonds is 3. The molecule has 0 amide bonds. The molecule has 0 aliphatic heterocycles. The van der Waals surface area contributed by atoms with Crippen LogP contribution in [-0.4, -0.2) is 12.0 Å². The molecule has 5 heteroatoms. The monoisotopic (exact) mass is 292 g/mol. The smallest absolute Gasteiger partial charge is 0.289 e. The summed E-state index contributed by atoms with van der Waals surface area (Å²) in [5.74, 6) is -0.434. The molecule has 0 saturated heterocycles. The zero-order valence-corrected chi connectivity index (χ0v) is 9.68. The molecule has 0 N–H and O–H groups in total. The summed E-state index contributed by atoms with van der Waals surface area (Å²) >= 11 is 3.20. The first-order chi connectivity index (χ1) is 7.38. The summed E-state index contributed by atoms with van der Waals surface area (Å²) in [5, 5.41) is 0. The second-order valence-electron chi connectivity index (χ2n) is 3.09. The first kappa shape index (κ1) is 13.0. The van der Waals surface area contributed by atoms with E-state index in [9.17, 15) is 18.0 Å². The maximum absolute atomic E-state index is 11.8. The third-order valence-electron chi connectivity index (χ3n) is 1.75. The number of carbonyl (C=O) groups excluding carboxylic acids is 1. The molecule has 0 bridgehead atoms. The van der Waals surface area contributed by atoms with Crippen molar-refractivity contribution in [2.75, 3.05) is 0 Å². The van der Waals surface area contributed by atoms with E-state index in [0.717, 1.165) is 16.6 Å². The Morgan fingerprint density at radius 3 is 2.31 bits per heavy atom. The Kier molecular flexibility index (Phi) is 4.29. The van der Waals surface area contributed by atoms with Gasteiger partial charge in [0, 0.05) is 10.0 Å². The van der Waals surface area contributed by atoms with Gasteiger partial charge in [-0.25, -0.2) is 0 Å². The number of carbonyl (C=O) groups is 1. The largest absolute Gasteiger partial charge is 0.392 e. The van der Waals surface area contributed by atoms with Gasteiger partial charge in [0.15, 0.2) is 5.78 Å². The van der Waals surface area contributed by atoms with E-state index in [4.69, 9.17) is 0 Å². The van der Waals surface area contributed by atoms with E-state index in [0.29, 0.717) is 5.56 Å². The molecule has 1 aromatic carbocycles. The quantitative estimate of drug-likeness (QED) is 0.604. The van der Waals surface area contributed by atoms with Crippen molar-refractivity contribution < 1.29 is 18.0 Å². The molecule has 0 aliphatic carbocycles. The van der Waals surface area contributed by atoms with Crippen molar-refractivity contribution >= 4 is 21.7 Å². The Morgan fingerprint density at radius 1 is 1.25 bits per heavy atom. The lowest BCUT2D eigenvalue weighted by molar-refractivity contribution is -0.125. The van der Waals surface area contributed by atoms with Crippen molar-refractivity contribution in [3.63, 3.8) is 0 Å². The first-order valence-electron chi connectivity index (χ1n) is 4.42. The lowest BCUT2D eigenvalue weighted by Crippen LogP contribution is -2.04. The Hall–Kier alpha value is -1.10. The van der Waals surface area contributed by atoms with Crippen LogP contribution in [0.3, 0.4) is 0 Å². The maximum atomic E-state index is 11.8. The summed E-state index contributed by atoms with van der Waals surface area (Å²) in [5.41, 5.74) is 0.363. The van der Waals surface area contributed by atoms with Crippen LogP contribution < -0.4 is 0 Å². The van der Waals surface area contributed by atoms with E-state index in [1.807, 2.05) is 0 Å². The van der Waals surface area contributed by atoms with Gasteiger partial charge in [-0.3, -0.25) is 4.79 Å². The zero-order chi connectivity index (χ0) is 12.2. The van der Waals surface area contributed by atoms with Crippen molar-refractivity contribution in [2.45, 2.75) is 12.6 Å². The molecule has 0 heterocycles. The fourth-order valence-corrected chi connectivity index (χ4v) is 1.27. The highest BCUT2D eigenvalue weighted by Gasteiger charge is 2.24. The average Bonchev–Trinajstić information content (AvgIpc) is 2.16. The second kappa shape index (κ2) is 5.30. The van der Waals surface area contributed by atoms with Crippen LogP contribution in [0, 0.1) is 0 Å². The van der Waals surface area contributed by atoms with Crippen LogP contribution in [0.25, 0.3) is 0 Å². The summed E-state index contributed by atoms with van der Waals surface area (Å²) in [4.78, 5) is 11.4. The van der Waals surface area contributed by atoms with Gasteiger partial charge in [-0.05, 0) is 30.3 Å². The fraction of sp³-hybridized carbons (Fsp3) is 0.182. The summed E-state index contributed by atoms with van der Waals surface area (Å²) in [6.07, 6.45) is -3.59. The number of ketones is 1. The Bertz CT molecular complexity index is 393. The SMILES string of the molecule is O=C(/C=C/CC(F)(F)F)c1ccc(Br)cc1. The van der Waals surface area contributed by atoms with Gasteiger partial charge in [-0.15, -0.1) is 0 Å². The predicted octanol–water partition coefficient (Wildman–Crippen LogP) is 4.14. The van der Waals surface area contributed by atoms with Crippen LogP contribution in [0.1, 0.15) is 16.8 Å². The van der Waals surface area contributed by atoms with Gasteiger partial charge in [0.2, 0.25) is 0 Å². The number of allylic oxidation sites excluding steroid dienone is 2. The molecule has 0 spiro atoms. The van der Waals surface area contributed by atoms with E-state index in [1.54, 1.807) is 24.3 Å². The topological polar surface area (TPSA) is 17.1 Å². The van der Waals surface area contributed by atoms with Crippen molar-refractivity contribution in [1.29, 1.82) is 0 Å². The van der Waals surface area contributed by atoms with Gasteiger partial charge in [0.1, 0.15) is 0 Å². The molecule has 0 saturated carbocycles. The Balaban J connectivity index is 2.62.